The fourth-order valence-corrected chi connectivity index (χ4v) is 7.42. The Morgan fingerprint density at radius 1 is 0.935 bits per heavy atom. The first kappa shape index (κ1) is 33.3. The average Bonchev–Trinajstić information content (AvgIpc) is 3.02. The molecule has 1 atom stereocenters. The molecule has 0 radical (unpaired) electrons. The predicted octanol–water partition coefficient (Wildman–Crippen LogP) is 5.25. The Hall–Kier alpha value is -4.02. The van der Waals surface area contributed by atoms with Crippen molar-refractivity contribution < 1.29 is 49.2 Å². The van der Waals surface area contributed by atoms with Crippen LogP contribution in [0.5, 0.6) is 0 Å². The van der Waals surface area contributed by atoms with Gasteiger partial charge in [0, 0.05) is 18.3 Å². The van der Waals surface area contributed by atoms with Gasteiger partial charge >= 0.3 is 0 Å². The smallest absolute Gasteiger partial charge is 0.274 e. The van der Waals surface area contributed by atoms with Crippen LogP contribution in [0.25, 0.3) is 0 Å². The number of hydroxylamine groups is 1. The van der Waals surface area contributed by atoms with Crippen LogP contribution in [0.1, 0.15) is 66.1 Å². The second kappa shape index (κ2) is 13.4. The van der Waals surface area contributed by atoms with Gasteiger partial charge < -0.3 is 4.90 Å². The summed E-state index contributed by atoms with van der Waals surface area (Å²) in [5, 5.41) is 0. The van der Waals surface area contributed by atoms with Crippen molar-refractivity contribution in [3.8, 4) is 0 Å². The molecule has 2 aromatic carbocycles. The second-order valence-corrected chi connectivity index (χ2v) is 12.8. The van der Waals surface area contributed by atoms with E-state index in [1.807, 2.05) is 11.5 Å². The number of benzene rings is 2. The van der Waals surface area contributed by atoms with Crippen LogP contribution in [0.15, 0.2) is 41.4 Å². The molecule has 9 nitrogen and oxygen atoms in total. The van der Waals surface area contributed by atoms with Crippen LogP contribution < -0.4 is 10.4 Å². The summed E-state index contributed by atoms with van der Waals surface area (Å²) < 4.78 is 113. The molecule has 2 aliphatic rings. The average molecular weight is 671 g/mol. The summed E-state index contributed by atoms with van der Waals surface area (Å²) in [6.07, 6.45) is 6.73. The molecule has 0 spiro atoms. The summed E-state index contributed by atoms with van der Waals surface area (Å²) in [5.41, 5.74) is 2.72. The van der Waals surface area contributed by atoms with E-state index in [2.05, 4.69) is 9.82 Å². The minimum absolute atomic E-state index is 0.176. The third-order valence-corrected chi connectivity index (χ3v) is 10.1. The Bertz CT molecular complexity index is 1740. The van der Waals surface area contributed by atoms with Crippen LogP contribution in [0, 0.1) is 34.9 Å². The predicted molar refractivity (Wildman–Crippen MR) is 151 cm³/mol. The number of rotatable bonds is 9. The Kier molecular flexibility index (Phi) is 9.70. The lowest BCUT2D eigenvalue weighted by Crippen LogP contribution is -2.59. The fraction of sp³-hybridized carbons (Fsp3) is 0.367. The molecular formula is C30H28F6N4O5S. The van der Waals surface area contributed by atoms with Crippen LogP contribution in [0.3, 0.4) is 0 Å². The molecule has 2 amide bonds. The van der Waals surface area contributed by atoms with Gasteiger partial charge in [-0.15, -0.1) is 0 Å². The molecule has 3 aromatic rings. The largest absolute Gasteiger partial charge is 0.302 e. The standard InChI is InChI=1S/C30H28F6N4O5S/c1-45-38-29(41)17-8-10-21(20(31)13-17)39(15-19-9-7-18(14-37-19)16-5-3-2-4-6-16)30(42)22-11-12-40(22)46(43,44)28-26(35)24(33)23(32)25(34)27(28)36/h7-10,13-14,16,22H,2-6,11-12,15H2,1H3,(H,38,41). The van der Waals surface area contributed by atoms with Crippen molar-refractivity contribution in [1.29, 1.82) is 0 Å². The van der Waals surface area contributed by atoms with E-state index in [9.17, 15) is 40.0 Å². The van der Waals surface area contributed by atoms with E-state index >= 15 is 4.39 Å². The zero-order valence-corrected chi connectivity index (χ0v) is 25.2. The van der Waals surface area contributed by atoms with Gasteiger partial charge in [0.2, 0.25) is 21.7 Å². The lowest BCUT2D eigenvalue weighted by molar-refractivity contribution is -0.125. The molecule has 2 fully saturated rings. The van der Waals surface area contributed by atoms with E-state index in [1.165, 1.54) is 13.2 Å². The summed E-state index contributed by atoms with van der Waals surface area (Å²) in [7, 11) is -4.28. The Balaban J connectivity index is 1.49. The number of nitrogens with zero attached hydrogens (tertiary/aromatic N) is 3. The third kappa shape index (κ3) is 6.20. The van der Waals surface area contributed by atoms with Gasteiger partial charge in [0.1, 0.15) is 11.9 Å². The molecule has 1 aliphatic carbocycles. The van der Waals surface area contributed by atoms with Gasteiger partial charge in [-0.3, -0.25) is 19.4 Å². The highest BCUT2D eigenvalue weighted by molar-refractivity contribution is 7.89. The SMILES string of the molecule is CONC(=O)c1ccc(N(Cc2ccc(C3CCCCC3)cn2)C(=O)C2CCN2S(=O)(=O)c2c(F)c(F)c(F)c(F)c2F)c(F)c1. The molecule has 246 valence electrons. The van der Waals surface area contributed by atoms with E-state index in [1.54, 1.807) is 12.3 Å². The number of amides is 2. The highest BCUT2D eigenvalue weighted by Crippen LogP contribution is 2.36. The zero-order chi connectivity index (χ0) is 33.3. The quantitative estimate of drug-likeness (QED) is 0.144. The highest BCUT2D eigenvalue weighted by atomic mass is 32.2. The van der Waals surface area contributed by atoms with Gasteiger partial charge in [-0.1, -0.05) is 25.3 Å². The lowest BCUT2D eigenvalue weighted by Gasteiger charge is -2.41. The molecule has 1 saturated heterocycles. The molecule has 1 saturated carbocycles. The molecule has 46 heavy (non-hydrogen) atoms. The number of nitrogens with one attached hydrogen (secondary N) is 1. The van der Waals surface area contributed by atoms with Crippen LogP contribution in [0.4, 0.5) is 32.0 Å². The first-order valence-electron chi connectivity index (χ1n) is 14.3. The van der Waals surface area contributed by atoms with E-state index in [4.69, 9.17) is 0 Å². The van der Waals surface area contributed by atoms with Gasteiger partial charge in [-0.25, -0.2) is 40.2 Å². The van der Waals surface area contributed by atoms with Crippen molar-refractivity contribution in [2.24, 2.45) is 0 Å². The fourth-order valence-electron chi connectivity index (χ4n) is 5.68. The number of pyridine rings is 1. The van der Waals surface area contributed by atoms with Crippen molar-refractivity contribution in [1.82, 2.24) is 14.8 Å². The number of sulfonamides is 1. The number of hydrogen-bond acceptors (Lipinski definition) is 6. The minimum Gasteiger partial charge on any atom is -0.302 e. The molecule has 5 rings (SSSR count). The van der Waals surface area contributed by atoms with Crippen molar-refractivity contribution in [3.63, 3.8) is 0 Å². The Labute approximate surface area is 260 Å². The molecular weight excluding hydrogens is 642 g/mol. The summed E-state index contributed by atoms with van der Waals surface area (Å²) in [5.74, 6) is -15.3. The Morgan fingerprint density at radius 2 is 1.59 bits per heavy atom. The zero-order valence-electron chi connectivity index (χ0n) is 24.3. The van der Waals surface area contributed by atoms with E-state index < -0.39 is 86.5 Å². The second-order valence-electron chi connectivity index (χ2n) is 11.0. The van der Waals surface area contributed by atoms with E-state index in [0.29, 0.717) is 10.2 Å². The van der Waals surface area contributed by atoms with Crippen LogP contribution in [-0.4, -0.2) is 49.2 Å². The maximum Gasteiger partial charge on any atom is 0.274 e. The first-order chi connectivity index (χ1) is 21.9. The summed E-state index contributed by atoms with van der Waals surface area (Å²) in [6.45, 7) is -0.893. The van der Waals surface area contributed by atoms with Crippen molar-refractivity contribution in [3.05, 3.63) is 88.3 Å². The molecule has 16 heteroatoms. The van der Waals surface area contributed by atoms with Gasteiger partial charge in [-0.2, -0.15) is 4.31 Å². The normalized spacial score (nSPS) is 17.4. The van der Waals surface area contributed by atoms with E-state index in [0.717, 1.165) is 54.7 Å². The number of carbonyl (C=O) groups excluding carboxylic acids is 2. The lowest BCUT2D eigenvalue weighted by atomic mass is 9.85. The van der Waals surface area contributed by atoms with Crippen molar-refractivity contribution in [2.45, 2.75) is 61.9 Å². The van der Waals surface area contributed by atoms with Gasteiger partial charge in [0.25, 0.3) is 5.91 Å². The molecule has 1 aromatic heterocycles. The molecule has 1 aliphatic heterocycles. The Morgan fingerprint density at radius 3 is 2.13 bits per heavy atom. The summed E-state index contributed by atoms with van der Waals surface area (Å²) >= 11 is 0. The van der Waals surface area contributed by atoms with Crippen LogP contribution >= 0.6 is 0 Å². The summed E-state index contributed by atoms with van der Waals surface area (Å²) in [6, 6.07) is 4.85. The van der Waals surface area contributed by atoms with Gasteiger partial charge in [0.05, 0.1) is 25.0 Å². The van der Waals surface area contributed by atoms with E-state index in [-0.39, 0.29) is 17.7 Å². The van der Waals surface area contributed by atoms with Crippen LogP contribution in [-0.2, 0) is 26.2 Å². The minimum atomic E-state index is -5.45. The molecule has 2 heterocycles. The number of carbonyl (C=O) groups is 2. The van der Waals surface area contributed by atoms with Crippen molar-refractivity contribution >= 4 is 27.5 Å². The highest BCUT2D eigenvalue weighted by Gasteiger charge is 2.48. The summed E-state index contributed by atoms with van der Waals surface area (Å²) in [4.78, 5) is 33.7. The first-order valence-corrected chi connectivity index (χ1v) is 15.7. The topological polar surface area (TPSA) is 109 Å². The third-order valence-electron chi connectivity index (χ3n) is 8.20. The maximum atomic E-state index is 15.5. The van der Waals surface area contributed by atoms with Crippen LogP contribution in [0.2, 0.25) is 0 Å². The number of hydrogen-bond donors (Lipinski definition) is 1. The monoisotopic (exact) mass is 670 g/mol. The number of halogens is 6. The molecule has 0 bridgehead atoms. The maximum absolute atomic E-state index is 15.5. The number of anilines is 1. The number of aromatic nitrogens is 1. The molecule has 1 unspecified atom stereocenters. The van der Waals surface area contributed by atoms with Gasteiger partial charge in [0.15, 0.2) is 28.2 Å². The van der Waals surface area contributed by atoms with Gasteiger partial charge in [-0.05, 0) is 55.0 Å². The molecule has 1 N–H and O–H groups in total. The van der Waals surface area contributed by atoms with Crippen molar-refractivity contribution in [2.75, 3.05) is 18.6 Å².